The van der Waals surface area contributed by atoms with E-state index in [9.17, 15) is 8.42 Å². The molecule has 0 saturated carbocycles. The number of rotatable bonds is 7. The average molecular weight is 491 g/mol. The van der Waals surface area contributed by atoms with Crippen LogP contribution < -0.4 is 4.43 Å². The summed E-state index contributed by atoms with van der Waals surface area (Å²) in [6, 6.07) is 9.56. The molecule has 0 N–H and O–H groups in total. The van der Waals surface area contributed by atoms with Crippen molar-refractivity contribution in [1.82, 2.24) is 0 Å². The van der Waals surface area contributed by atoms with Gasteiger partial charge in [-0.25, -0.2) is 8.42 Å². The number of hydrogen-bond acceptors (Lipinski definition) is 5. The summed E-state index contributed by atoms with van der Waals surface area (Å²) in [4.78, 5) is 0.936. The maximum Gasteiger partial charge on any atom is 0.262 e. The second-order valence-electron chi connectivity index (χ2n) is 9.66. The maximum absolute atomic E-state index is 11.7. The van der Waals surface area contributed by atoms with Crippen molar-refractivity contribution >= 4 is 47.7 Å². The molecule has 0 saturated heterocycles. The fourth-order valence-electron chi connectivity index (χ4n) is 2.40. The first-order valence-corrected chi connectivity index (χ1v) is 19.0. The third-order valence-corrected chi connectivity index (χ3v) is 12.7. The molecule has 0 radical (unpaired) electrons. The highest BCUT2D eigenvalue weighted by molar-refractivity contribution is 8.13. The van der Waals surface area contributed by atoms with Crippen molar-refractivity contribution < 1.29 is 17.3 Å². The van der Waals surface area contributed by atoms with Gasteiger partial charge in [-0.05, 0) is 61.5 Å². The van der Waals surface area contributed by atoms with Crippen LogP contribution >= 0.6 is 22.0 Å². The molecule has 1 aromatic heterocycles. The van der Waals surface area contributed by atoms with E-state index in [0.29, 0.717) is 0 Å². The molecule has 162 valence electrons. The second kappa shape index (κ2) is 8.47. The molecule has 2 rings (SSSR count). The van der Waals surface area contributed by atoms with Crippen LogP contribution in [-0.2, 0) is 13.5 Å². The van der Waals surface area contributed by atoms with E-state index in [2.05, 4.69) is 53.5 Å². The molecule has 1 unspecified atom stereocenters. The molecule has 0 fully saturated rings. The summed E-state index contributed by atoms with van der Waals surface area (Å²) >= 11 is 1.35. The summed E-state index contributed by atoms with van der Waals surface area (Å²) in [7, 11) is -2.06. The Morgan fingerprint density at radius 3 is 2.00 bits per heavy atom. The molecular weight excluding hydrogens is 460 g/mol. The highest BCUT2D eigenvalue weighted by Gasteiger charge is 2.39. The Balaban J connectivity index is 2.36. The number of thiophene rings is 1. The first-order valence-electron chi connectivity index (χ1n) is 9.49. The van der Waals surface area contributed by atoms with E-state index in [1.54, 1.807) is 11.4 Å². The SMILES string of the molecule is CC(C)(C)[Si](C)(C)Oc1ccc(C(O[Si](C)(C)C)c2cc(S(=O)(=O)Cl)cs2)cc1. The third-order valence-electron chi connectivity index (χ3n) is 4.97. The van der Waals surface area contributed by atoms with E-state index >= 15 is 0 Å². The zero-order valence-electron chi connectivity index (χ0n) is 18.4. The van der Waals surface area contributed by atoms with Gasteiger partial charge in [0.15, 0.2) is 8.32 Å². The molecule has 29 heavy (non-hydrogen) atoms. The van der Waals surface area contributed by atoms with Crippen LogP contribution in [0.15, 0.2) is 40.6 Å². The Morgan fingerprint density at radius 2 is 1.59 bits per heavy atom. The van der Waals surface area contributed by atoms with E-state index in [0.717, 1.165) is 16.2 Å². The van der Waals surface area contributed by atoms with Crippen molar-refractivity contribution in [1.29, 1.82) is 0 Å². The maximum atomic E-state index is 11.7. The zero-order chi connectivity index (χ0) is 22.3. The van der Waals surface area contributed by atoms with Gasteiger partial charge in [-0.3, -0.25) is 0 Å². The van der Waals surface area contributed by atoms with E-state index < -0.39 is 25.7 Å². The standard InChI is InChI=1S/C20H31ClO4S2Si2/c1-20(2,3)29(7,8)24-16-11-9-15(10-12-16)19(25-28(4,5)6)18-13-17(14-26-18)27(21,22)23/h9-14,19H,1-8H3. The Kier molecular flexibility index (Phi) is 7.19. The molecule has 2 aromatic rings. The topological polar surface area (TPSA) is 52.6 Å². The van der Waals surface area contributed by atoms with Gasteiger partial charge in [0.2, 0.25) is 8.32 Å². The molecule has 0 aliphatic rings. The predicted molar refractivity (Wildman–Crippen MR) is 128 cm³/mol. The van der Waals surface area contributed by atoms with Crippen LogP contribution in [0.25, 0.3) is 0 Å². The monoisotopic (exact) mass is 490 g/mol. The third kappa shape index (κ3) is 6.67. The van der Waals surface area contributed by atoms with Crippen molar-refractivity contribution in [3.63, 3.8) is 0 Å². The van der Waals surface area contributed by atoms with Gasteiger partial charge < -0.3 is 8.85 Å². The molecule has 1 atom stereocenters. The summed E-state index contributed by atoms with van der Waals surface area (Å²) in [5, 5.41) is 1.68. The molecule has 0 aliphatic heterocycles. The van der Waals surface area contributed by atoms with Crippen molar-refractivity contribution in [3.8, 4) is 5.75 Å². The molecular formula is C20H31ClO4S2Si2. The summed E-state index contributed by atoms with van der Waals surface area (Å²) in [6.07, 6.45) is -0.333. The van der Waals surface area contributed by atoms with Crippen molar-refractivity contribution in [2.45, 2.75) is 69.5 Å². The first kappa shape index (κ1) is 24.6. The largest absolute Gasteiger partial charge is 0.544 e. The van der Waals surface area contributed by atoms with E-state index in [1.165, 1.54) is 11.3 Å². The Bertz CT molecular complexity index is 940. The average Bonchev–Trinajstić information content (AvgIpc) is 3.01. The van der Waals surface area contributed by atoms with Gasteiger partial charge in [-0.1, -0.05) is 32.9 Å². The van der Waals surface area contributed by atoms with Crippen LogP contribution in [0, 0.1) is 0 Å². The lowest BCUT2D eigenvalue weighted by molar-refractivity contribution is 0.243. The lowest BCUT2D eigenvalue weighted by Crippen LogP contribution is -2.43. The van der Waals surface area contributed by atoms with Gasteiger partial charge in [0.25, 0.3) is 9.05 Å². The highest BCUT2D eigenvalue weighted by Crippen LogP contribution is 2.39. The molecule has 1 aromatic carbocycles. The van der Waals surface area contributed by atoms with E-state index in [-0.39, 0.29) is 16.0 Å². The van der Waals surface area contributed by atoms with Crippen LogP contribution in [0.2, 0.25) is 37.8 Å². The van der Waals surface area contributed by atoms with Crippen molar-refractivity contribution in [2.24, 2.45) is 0 Å². The smallest absolute Gasteiger partial charge is 0.262 e. The predicted octanol–water partition coefficient (Wildman–Crippen LogP) is 7.00. The molecule has 0 amide bonds. The Hall–Kier alpha value is -0.646. The van der Waals surface area contributed by atoms with Gasteiger partial charge in [0.1, 0.15) is 11.9 Å². The van der Waals surface area contributed by atoms with Crippen LogP contribution in [-0.4, -0.2) is 25.1 Å². The van der Waals surface area contributed by atoms with E-state index in [1.807, 2.05) is 24.3 Å². The van der Waals surface area contributed by atoms with Crippen LogP contribution in [0.3, 0.4) is 0 Å². The zero-order valence-corrected chi connectivity index (χ0v) is 22.8. The first-order chi connectivity index (χ1) is 13.0. The lowest BCUT2D eigenvalue weighted by Gasteiger charge is -2.36. The van der Waals surface area contributed by atoms with Crippen LogP contribution in [0.5, 0.6) is 5.75 Å². The lowest BCUT2D eigenvalue weighted by atomic mass is 10.1. The molecule has 0 bridgehead atoms. The molecule has 9 heteroatoms. The van der Waals surface area contributed by atoms with Crippen molar-refractivity contribution in [2.75, 3.05) is 0 Å². The number of halogens is 1. The molecule has 0 spiro atoms. The minimum absolute atomic E-state index is 0.112. The van der Waals surface area contributed by atoms with Gasteiger partial charge in [-0.2, -0.15) is 0 Å². The van der Waals surface area contributed by atoms with Gasteiger partial charge >= 0.3 is 0 Å². The fraction of sp³-hybridized carbons (Fsp3) is 0.500. The highest BCUT2D eigenvalue weighted by atomic mass is 35.7. The van der Waals surface area contributed by atoms with Crippen LogP contribution in [0.4, 0.5) is 0 Å². The van der Waals surface area contributed by atoms with Gasteiger partial charge in [-0.15, -0.1) is 11.3 Å². The van der Waals surface area contributed by atoms with E-state index in [4.69, 9.17) is 19.5 Å². The van der Waals surface area contributed by atoms with Gasteiger partial charge in [0, 0.05) is 20.9 Å². The number of hydrogen-bond donors (Lipinski definition) is 0. The minimum Gasteiger partial charge on any atom is -0.544 e. The Morgan fingerprint density at radius 1 is 1.03 bits per heavy atom. The summed E-state index contributed by atoms with van der Waals surface area (Å²) in [6.45, 7) is 17.4. The Labute approximate surface area is 185 Å². The quantitative estimate of drug-likeness (QED) is 0.309. The molecule has 0 aliphatic carbocycles. The van der Waals surface area contributed by atoms with Gasteiger partial charge in [0.05, 0.1) is 4.90 Å². The van der Waals surface area contributed by atoms with Crippen molar-refractivity contribution in [3.05, 3.63) is 46.2 Å². The summed E-state index contributed by atoms with van der Waals surface area (Å²) in [5.74, 6) is 0.849. The molecule has 1 heterocycles. The summed E-state index contributed by atoms with van der Waals surface area (Å²) < 4.78 is 36.1. The molecule has 4 nitrogen and oxygen atoms in total. The minimum atomic E-state index is -3.76. The van der Waals surface area contributed by atoms with Crippen LogP contribution in [0.1, 0.15) is 37.3 Å². The summed E-state index contributed by atoms with van der Waals surface area (Å²) in [5.41, 5.74) is 0.968. The number of benzene rings is 1. The fourth-order valence-corrected chi connectivity index (χ4v) is 6.72. The normalized spacial score (nSPS) is 14.7. The second-order valence-corrected chi connectivity index (χ2v) is 22.4.